The lowest BCUT2D eigenvalue weighted by Crippen LogP contribution is -2.31. The molecule has 0 amide bonds. The minimum Gasteiger partial charge on any atom is -0.461 e. The van der Waals surface area contributed by atoms with Crippen LogP contribution in [0.3, 0.4) is 0 Å². The summed E-state index contributed by atoms with van der Waals surface area (Å²) in [5.74, 6) is 0.231. The van der Waals surface area contributed by atoms with Gasteiger partial charge in [0.15, 0.2) is 0 Å². The molecule has 1 aliphatic carbocycles. The topological polar surface area (TPSA) is 61.2 Å². The van der Waals surface area contributed by atoms with Crippen LogP contribution < -0.4 is 5.56 Å². The summed E-state index contributed by atoms with van der Waals surface area (Å²) in [5.41, 5.74) is 1.28. The average molecular weight is 391 g/mol. The van der Waals surface area contributed by atoms with Crippen molar-refractivity contribution in [2.75, 3.05) is 0 Å². The normalized spacial score (nSPS) is 19.6. The zero-order valence-electron chi connectivity index (χ0n) is 17.2. The SMILES string of the molecule is CC[C@H](C)OC(=O)[C@@H](C)n1cnc2sc3c(c2c1=O)CC[C@@H](C(C)(C)C)C3. The molecule has 0 aliphatic heterocycles. The van der Waals surface area contributed by atoms with Gasteiger partial charge in [0.2, 0.25) is 0 Å². The molecule has 0 N–H and O–H groups in total. The first kappa shape index (κ1) is 20.1. The predicted molar refractivity (Wildman–Crippen MR) is 109 cm³/mol. The number of ether oxygens (including phenoxy) is 1. The summed E-state index contributed by atoms with van der Waals surface area (Å²) >= 11 is 1.64. The van der Waals surface area contributed by atoms with Crippen molar-refractivity contribution in [3.8, 4) is 0 Å². The molecule has 0 spiro atoms. The number of aryl methyl sites for hydroxylation is 1. The van der Waals surface area contributed by atoms with Crippen LogP contribution in [0.5, 0.6) is 0 Å². The summed E-state index contributed by atoms with van der Waals surface area (Å²) in [7, 11) is 0. The van der Waals surface area contributed by atoms with E-state index in [0.29, 0.717) is 11.3 Å². The molecule has 0 saturated heterocycles. The maximum atomic E-state index is 13.2. The fourth-order valence-corrected chi connectivity index (χ4v) is 4.95. The van der Waals surface area contributed by atoms with E-state index in [9.17, 15) is 9.59 Å². The largest absolute Gasteiger partial charge is 0.461 e. The molecule has 0 radical (unpaired) electrons. The van der Waals surface area contributed by atoms with E-state index < -0.39 is 6.04 Å². The third kappa shape index (κ3) is 3.82. The minimum atomic E-state index is -0.676. The summed E-state index contributed by atoms with van der Waals surface area (Å²) in [6.07, 6.45) is 5.08. The molecule has 3 atom stereocenters. The summed E-state index contributed by atoms with van der Waals surface area (Å²) in [4.78, 5) is 32.1. The number of aromatic nitrogens is 2. The van der Waals surface area contributed by atoms with Gasteiger partial charge in [0, 0.05) is 4.88 Å². The van der Waals surface area contributed by atoms with Crippen LogP contribution in [0.1, 0.15) is 70.9 Å². The van der Waals surface area contributed by atoms with Crippen molar-refractivity contribution < 1.29 is 9.53 Å². The van der Waals surface area contributed by atoms with E-state index in [1.54, 1.807) is 18.3 Å². The van der Waals surface area contributed by atoms with Crippen molar-refractivity contribution in [2.45, 2.75) is 79.4 Å². The van der Waals surface area contributed by atoms with Crippen molar-refractivity contribution >= 4 is 27.5 Å². The lowest BCUT2D eigenvalue weighted by Gasteiger charge is -2.33. The van der Waals surface area contributed by atoms with Gasteiger partial charge in [0.05, 0.1) is 17.8 Å². The Labute approximate surface area is 164 Å². The monoisotopic (exact) mass is 390 g/mol. The molecule has 3 rings (SSSR count). The van der Waals surface area contributed by atoms with Crippen molar-refractivity contribution in [3.05, 3.63) is 27.1 Å². The highest BCUT2D eigenvalue weighted by Gasteiger charge is 2.32. The molecular weight excluding hydrogens is 360 g/mol. The van der Waals surface area contributed by atoms with Gasteiger partial charge < -0.3 is 4.74 Å². The molecule has 5 nitrogen and oxygen atoms in total. The Balaban J connectivity index is 1.97. The van der Waals surface area contributed by atoms with Crippen LogP contribution in [-0.4, -0.2) is 21.6 Å². The predicted octanol–water partition coefficient (Wildman–Crippen LogP) is 4.51. The van der Waals surface area contributed by atoms with E-state index in [-0.39, 0.29) is 23.0 Å². The third-order valence-corrected chi connectivity index (χ3v) is 7.03. The number of hydrogen-bond donors (Lipinski definition) is 0. The quantitative estimate of drug-likeness (QED) is 0.721. The van der Waals surface area contributed by atoms with Crippen LogP contribution in [0.4, 0.5) is 0 Å². The highest BCUT2D eigenvalue weighted by atomic mass is 32.1. The Morgan fingerprint density at radius 2 is 2.11 bits per heavy atom. The van der Waals surface area contributed by atoms with E-state index >= 15 is 0 Å². The van der Waals surface area contributed by atoms with Gasteiger partial charge in [0.1, 0.15) is 10.9 Å². The number of carbonyl (C=O) groups excluding carboxylic acids is 1. The van der Waals surface area contributed by atoms with E-state index in [1.807, 2.05) is 13.8 Å². The van der Waals surface area contributed by atoms with E-state index in [4.69, 9.17) is 4.74 Å². The first-order chi connectivity index (χ1) is 12.6. The maximum absolute atomic E-state index is 13.2. The van der Waals surface area contributed by atoms with E-state index in [1.165, 1.54) is 15.8 Å². The summed E-state index contributed by atoms with van der Waals surface area (Å²) in [5, 5.41) is 0.702. The van der Waals surface area contributed by atoms with Crippen LogP contribution in [0.25, 0.3) is 10.2 Å². The molecule has 0 unspecified atom stereocenters. The van der Waals surface area contributed by atoms with Crippen LogP contribution >= 0.6 is 11.3 Å². The number of nitrogens with zero attached hydrogens (tertiary/aromatic N) is 2. The van der Waals surface area contributed by atoms with Crippen molar-refractivity contribution in [1.29, 1.82) is 0 Å². The number of rotatable bonds is 4. The zero-order chi connectivity index (χ0) is 19.9. The van der Waals surface area contributed by atoms with E-state index in [0.717, 1.165) is 36.1 Å². The molecule has 0 aromatic carbocycles. The number of thiophene rings is 1. The molecule has 27 heavy (non-hydrogen) atoms. The molecule has 0 bridgehead atoms. The van der Waals surface area contributed by atoms with Crippen LogP contribution in [0.2, 0.25) is 0 Å². The van der Waals surface area contributed by atoms with Gasteiger partial charge >= 0.3 is 5.97 Å². The smallest absolute Gasteiger partial charge is 0.329 e. The number of hydrogen-bond acceptors (Lipinski definition) is 5. The molecule has 0 fully saturated rings. The Morgan fingerprint density at radius 3 is 2.74 bits per heavy atom. The molecular formula is C21H30N2O3S. The summed E-state index contributed by atoms with van der Waals surface area (Å²) in [6, 6.07) is -0.676. The molecule has 6 heteroatoms. The first-order valence-corrected chi connectivity index (χ1v) is 10.7. The van der Waals surface area contributed by atoms with E-state index in [2.05, 4.69) is 25.8 Å². The molecule has 148 valence electrons. The second-order valence-electron chi connectivity index (χ2n) is 8.78. The first-order valence-electron chi connectivity index (χ1n) is 9.85. The Kier molecular flexibility index (Phi) is 5.48. The van der Waals surface area contributed by atoms with Crippen LogP contribution in [-0.2, 0) is 22.4 Å². The van der Waals surface area contributed by atoms with Crippen molar-refractivity contribution in [3.63, 3.8) is 0 Å². The van der Waals surface area contributed by atoms with Crippen molar-refractivity contribution in [2.24, 2.45) is 11.3 Å². The lowest BCUT2D eigenvalue weighted by atomic mass is 9.72. The molecule has 2 heterocycles. The second kappa shape index (κ2) is 7.38. The minimum absolute atomic E-state index is 0.125. The Morgan fingerprint density at radius 1 is 1.41 bits per heavy atom. The summed E-state index contributed by atoms with van der Waals surface area (Å²) in [6.45, 7) is 12.4. The fourth-order valence-electron chi connectivity index (χ4n) is 3.69. The highest BCUT2D eigenvalue weighted by molar-refractivity contribution is 7.18. The Bertz CT molecular complexity index is 907. The fraction of sp³-hybridized carbons (Fsp3) is 0.667. The van der Waals surface area contributed by atoms with Gasteiger partial charge in [0.25, 0.3) is 5.56 Å². The van der Waals surface area contributed by atoms with Gasteiger partial charge in [-0.2, -0.15) is 0 Å². The number of fused-ring (bicyclic) bond motifs is 3. The van der Waals surface area contributed by atoms with Gasteiger partial charge in [-0.1, -0.05) is 27.7 Å². The third-order valence-electron chi connectivity index (χ3n) is 5.87. The maximum Gasteiger partial charge on any atom is 0.329 e. The molecule has 0 saturated carbocycles. The second-order valence-corrected chi connectivity index (χ2v) is 9.86. The van der Waals surface area contributed by atoms with Crippen LogP contribution in [0.15, 0.2) is 11.1 Å². The van der Waals surface area contributed by atoms with Gasteiger partial charge in [-0.25, -0.2) is 9.78 Å². The molecule has 1 aliphatic rings. The van der Waals surface area contributed by atoms with Gasteiger partial charge in [-0.05, 0) is 56.4 Å². The summed E-state index contributed by atoms with van der Waals surface area (Å²) < 4.78 is 6.83. The molecule has 2 aromatic heterocycles. The molecule has 2 aromatic rings. The van der Waals surface area contributed by atoms with Crippen molar-refractivity contribution in [1.82, 2.24) is 9.55 Å². The Hall–Kier alpha value is -1.69. The number of carbonyl (C=O) groups is 1. The highest BCUT2D eigenvalue weighted by Crippen LogP contribution is 2.42. The van der Waals surface area contributed by atoms with Gasteiger partial charge in [-0.15, -0.1) is 11.3 Å². The zero-order valence-corrected chi connectivity index (χ0v) is 18.0. The van der Waals surface area contributed by atoms with Crippen LogP contribution in [0, 0.1) is 11.3 Å². The standard InChI is InChI=1S/C21H30N2O3S/c1-7-12(2)26-20(25)13(3)23-11-22-18-17(19(23)24)15-9-8-14(21(4,5)6)10-16(15)27-18/h11-14H,7-10H2,1-6H3/t12-,13+,14+/m0/s1. The lowest BCUT2D eigenvalue weighted by molar-refractivity contribution is -0.152. The number of esters is 1. The average Bonchev–Trinajstić information content (AvgIpc) is 2.99. The van der Waals surface area contributed by atoms with Gasteiger partial charge in [-0.3, -0.25) is 9.36 Å².